The van der Waals surface area contributed by atoms with Crippen molar-refractivity contribution >= 4 is 16.1 Å². The molecule has 0 spiro atoms. The number of esters is 1. The first kappa shape index (κ1) is 18.8. The van der Waals surface area contributed by atoms with Crippen molar-refractivity contribution in [2.45, 2.75) is 44.2 Å². The standard InChI is InChI=1S/C16H22FNO5S/c17-13-8-6-12(7-9-13)16(19)23-15(11-24(20,21)22)10-18-14-4-2-1-3-5-14/h6-9,14-15,18H,1-5,10-11H2,(H,20,21,22)/p-1. The number of nitrogens with one attached hydrogen (secondary N) is 1. The molecule has 8 heteroatoms. The zero-order valence-corrected chi connectivity index (χ0v) is 14.1. The van der Waals surface area contributed by atoms with E-state index in [0.29, 0.717) is 0 Å². The van der Waals surface area contributed by atoms with Crippen LogP contribution in [0.3, 0.4) is 0 Å². The van der Waals surface area contributed by atoms with Crippen molar-refractivity contribution in [2.75, 3.05) is 12.3 Å². The quantitative estimate of drug-likeness (QED) is 0.590. The third-order valence-electron chi connectivity index (χ3n) is 3.98. The van der Waals surface area contributed by atoms with Gasteiger partial charge in [0.25, 0.3) is 0 Å². The van der Waals surface area contributed by atoms with Crippen LogP contribution in [0.2, 0.25) is 0 Å². The fourth-order valence-electron chi connectivity index (χ4n) is 2.77. The predicted octanol–water partition coefficient (Wildman–Crippen LogP) is 1.82. The van der Waals surface area contributed by atoms with Crippen LogP contribution in [-0.2, 0) is 14.9 Å². The average Bonchev–Trinajstić information content (AvgIpc) is 2.53. The second kappa shape index (κ2) is 8.55. The van der Waals surface area contributed by atoms with Gasteiger partial charge in [-0.2, -0.15) is 0 Å². The minimum Gasteiger partial charge on any atom is -0.748 e. The lowest BCUT2D eigenvalue weighted by Gasteiger charge is -2.26. The Morgan fingerprint density at radius 1 is 1.25 bits per heavy atom. The molecule has 1 unspecified atom stereocenters. The molecular formula is C16H21FNO5S-. The van der Waals surface area contributed by atoms with Crippen molar-refractivity contribution in [1.82, 2.24) is 5.32 Å². The molecule has 1 aromatic rings. The molecule has 0 bridgehead atoms. The highest BCUT2D eigenvalue weighted by molar-refractivity contribution is 7.85. The first-order valence-electron chi connectivity index (χ1n) is 7.97. The van der Waals surface area contributed by atoms with Gasteiger partial charge in [0.2, 0.25) is 0 Å². The molecule has 1 N–H and O–H groups in total. The highest BCUT2D eigenvalue weighted by Gasteiger charge is 2.21. The van der Waals surface area contributed by atoms with Crippen molar-refractivity contribution in [3.8, 4) is 0 Å². The number of rotatable bonds is 7. The second-order valence-corrected chi connectivity index (χ2v) is 7.45. The van der Waals surface area contributed by atoms with Crippen molar-refractivity contribution in [1.29, 1.82) is 0 Å². The monoisotopic (exact) mass is 358 g/mol. The van der Waals surface area contributed by atoms with Crippen LogP contribution in [0.1, 0.15) is 42.5 Å². The number of benzene rings is 1. The Morgan fingerprint density at radius 3 is 2.46 bits per heavy atom. The van der Waals surface area contributed by atoms with Crippen LogP contribution >= 0.6 is 0 Å². The molecule has 1 saturated carbocycles. The lowest BCUT2D eigenvalue weighted by molar-refractivity contribution is 0.0338. The summed E-state index contributed by atoms with van der Waals surface area (Å²) in [5, 5.41) is 3.17. The van der Waals surface area contributed by atoms with Gasteiger partial charge >= 0.3 is 5.97 Å². The molecule has 1 aliphatic carbocycles. The van der Waals surface area contributed by atoms with E-state index in [1.54, 1.807) is 0 Å². The number of halogens is 1. The van der Waals surface area contributed by atoms with Crippen LogP contribution in [0.5, 0.6) is 0 Å². The molecule has 134 valence electrons. The smallest absolute Gasteiger partial charge is 0.338 e. The molecular weight excluding hydrogens is 337 g/mol. The van der Waals surface area contributed by atoms with Gasteiger partial charge < -0.3 is 14.6 Å². The van der Waals surface area contributed by atoms with Crippen molar-refractivity contribution in [3.05, 3.63) is 35.6 Å². The summed E-state index contributed by atoms with van der Waals surface area (Å²) in [6, 6.07) is 4.94. The molecule has 0 saturated heterocycles. The lowest BCUT2D eigenvalue weighted by atomic mass is 9.95. The molecule has 1 aliphatic rings. The highest BCUT2D eigenvalue weighted by Crippen LogP contribution is 2.17. The number of hydrogen-bond acceptors (Lipinski definition) is 6. The summed E-state index contributed by atoms with van der Waals surface area (Å²) in [6.07, 6.45) is 4.24. The van der Waals surface area contributed by atoms with E-state index in [9.17, 15) is 22.2 Å². The maximum Gasteiger partial charge on any atom is 0.338 e. The summed E-state index contributed by atoms with van der Waals surface area (Å²) in [5.74, 6) is -2.07. The van der Waals surface area contributed by atoms with E-state index in [4.69, 9.17) is 4.74 Å². The first-order valence-corrected chi connectivity index (χ1v) is 9.55. The summed E-state index contributed by atoms with van der Waals surface area (Å²) < 4.78 is 51.1. The van der Waals surface area contributed by atoms with Crippen LogP contribution in [0.25, 0.3) is 0 Å². The Morgan fingerprint density at radius 2 is 1.88 bits per heavy atom. The fourth-order valence-corrected chi connectivity index (χ4v) is 3.41. The average molecular weight is 358 g/mol. The third-order valence-corrected chi connectivity index (χ3v) is 4.76. The molecule has 2 rings (SSSR count). The maximum atomic E-state index is 12.9. The summed E-state index contributed by atoms with van der Waals surface area (Å²) in [7, 11) is -4.54. The molecule has 1 atom stereocenters. The van der Waals surface area contributed by atoms with Crippen LogP contribution in [0, 0.1) is 5.82 Å². The minimum atomic E-state index is -4.54. The molecule has 0 heterocycles. The van der Waals surface area contributed by atoms with Crippen molar-refractivity contribution < 1.29 is 26.9 Å². The van der Waals surface area contributed by atoms with Crippen LogP contribution in [0.15, 0.2) is 24.3 Å². The van der Waals surface area contributed by atoms with Gasteiger partial charge in [0.15, 0.2) is 0 Å². The Bertz CT molecular complexity index is 641. The van der Waals surface area contributed by atoms with Crippen LogP contribution in [-0.4, -0.2) is 43.4 Å². The molecule has 0 aromatic heterocycles. The summed E-state index contributed by atoms with van der Waals surface area (Å²) in [6.45, 7) is 0.0963. The zero-order valence-electron chi connectivity index (χ0n) is 13.2. The third kappa shape index (κ3) is 6.54. The van der Waals surface area contributed by atoms with E-state index in [1.807, 2.05) is 0 Å². The predicted molar refractivity (Wildman–Crippen MR) is 85.0 cm³/mol. The fraction of sp³-hybridized carbons (Fsp3) is 0.562. The summed E-state index contributed by atoms with van der Waals surface area (Å²) in [4.78, 5) is 12.0. The molecule has 0 radical (unpaired) electrons. The molecule has 0 aliphatic heterocycles. The van der Waals surface area contributed by atoms with E-state index >= 15 is 0 Å². The van der Waals surface area contributed by atoms with Crippen molar-refractivity contribution in [2.24, 2.45) is 0 Å². The van der Waals surface area contributed by atoms with Crippen LogP contribution < -0.4 is 5.32 Å². The lowest BCUT2D eigenvalue weighted by Crippen LogP contribution is -2.41. The van der Waals surface area contributed by atoms with Gasteiger partial charge in [0.05, 0.1) is 21.4 Å². The number of ether oxygens (including phenoxy) is 1. The normalized spacial score (nSPS) is 17.4. The Hall–Kier alpha value is -1.51. The van der Waals surface area contributed by atoms with Gasteiger partial charge in [-0.15, -0.1) is 0 Å². The molecule has 0 amide bonds. The summed E-state index contributed by atoms with van der Waals surface area (Å²) >= 11 is 0. The van der Waals surface area contributed by atoms with Gasteiger partial charge in [-0.3, -0.25) is 0 Å². The maximum absolute atomic E-state index is 12.9. The zero-order chi connectivity index (χ0) is 17.6. The van der Waals surface area contributed by atoms with E-state index < -0.39 is 33.8 Å². The Labute approximate surface area is 141 Å². The molecule has 24 heavy (non-hydrogen) atoms. The van der Waals surface area contributed by atoms with Gasteiger partial charge in [0.1, 0.15) is 11.9 Å². The van der Waals surface area contributed by atoms with E-state index in [2.05, 4.69) is 5.32 Å². The number of hydrogen-bond donors (Lipinski definition) is 1. The van der Waals surface area contributed by atoms with Gasteiger partial charge in [-0.1, -0.05) is 19.3 Å². The highest BCUT2D eigenvalue weighted by atomic mass is 32.2. The molecule has 6 nitrogen and oxygen atoms in total. The van der Waals surface area contributed by atoms with Crippen LogP contribution in [0.4, 0.5) is 4.39 Å². The Kier molecular flexibility index (Phi) is 6.70. The minimum absolute atomic E-state index is 0.0963. The topological polar surface area (TPSA) is 95.5 Å². The largest absolute Gasteiger partial charge is 0.748 e. The second-order valence-electron chi connectivity index (χ2n) is 6.00. The van der Waals surface area contributed by atoms with E-state index in [0.717, 1.165) is 37.8 Å². The van der Waals surface area contributed by atoms with Gasteiger partial charge in [-0.25, -0.2) is 17.6 Å². The number of carbonyl (C=O) groups excluding carboxylic acids is 1. The van der Waals surface area contributed by atoms with E-state index in [-0.39, 0.29) is 18.2 Å². The number of carbonyl (C=O) groups is 1. The van der Waals surface area contributed by atoms with Gasteiger partial charge in [0, 0.05) is 12.6 Å². The van der Waals surface area contributed by atoms with Crippen molar-refractivity contribution in [3.63, 3.8) is 0 Å². The Balaban J connectivity index is 1.96. The SMILES string of the molecule is O=C(OC(CNC1CCCCC1)CS(=O)(=O)[O-])c1ccc(F)cc1. The van der Waals surface area contributed by atoms with E-state index in [1.165, 1.54) is 18.6 Å². The first-order chi connectivity index (χ1) is 11.3. The summed E-state index contributed by atoms with van der Waals surface area (Å²) in [5.41, 5.74) is 0.0994. The molecule has 1 aromatic carbocycles. The van der Waals surface area contributed by atoms with Gasteiger partial charge in [-0.05, 0) is 37.1 Å². The molecule has 1 fully saturated rings.